The summed E-state index contributed by atoms with van der Waals surface area (Å²) >= 11 is 1.71. The van der Waals surface area contributed by atoms with Gasteiger partial charge in [-0.2, -0.15) is 0 Å². The van der Waals surface area contributed by atoms with E-state index in [1.54, 1.807) is 30.3 Å². The van der Waals surface area contributed by atoms with Crippen LogP contribution in [0.4, 0.5) is 0 Å². The molecule has 0 saturated carbocycles. The van der Waals surface area contributed by atoms with E-state index in [9.17, 15) is 4.79 Å². The monoisotopic (exact) mass is 404 g/mol. The van der Waals surface area contributed by atoms with Crippen LogP contribution in [-0.4, -0.2) is 78.5 Å². The zero-order valence-electron chi connectivity index (χ0n) is 16.7. The normalized spacial score (nSPS) is 15.7. The summed E-state index contributed by atoms with van der Waals surface area (Å²) < 4.78 is 5.16. The minimum absolute atomic E-state index is 0.00420. The molecule has 0 unspecified atom stereocenters. The molecule has 0 radical (unpaired) electrons. The van der Waals surface area contributed by atoms with Crippen molar-refractivity contribution in [2.24, 2.45) is 4.99 Å². The molecule has 0 aliphatic carbocycles. The minimum atomic E-state index is -0.00420. The van der Waals surface area contributed by atoms with Crippen molar-refractivity contribution in [1.82, 2.24) is 25.2 Å². The number of thiophene rings is 1. The fraction of sp³-hybridized carbons (Fsp3) is 0.526. The molecule has 1 aliphatic heterocycles. The summed E-state index contributed by atoms with van der Waals surface area (Å²) in [5.41, 5.74) is 0.965. The number of likely N-dealkylation sites (N-methyl/N-ethyl adjacent to an activating group) is 1. The van der Waals surface area contributed by atoms with Crippen LogP contribution in [0.3, 0.4) is 0 Å². The quantitative estimate of drug-likeness (QED) is 0.579. The van der Waals surface area contributed by atoms with E-state index >= 15 is 0 Å². The smallest absolute Gasteiger partial charge is 0.243 e. The summed E-state index contributed by atoms with van der Waals surface area (Å²) in [6.45, 7) is 7.08. The summed E-state index contributed by atoms with van der Waals surface area (Å²) in [5.74, 6) is 1.63. The molecule has 0 spiro atoms. The molecule has 1 N–H and O–H groups in total. The Balaban J connectivity index is 1.57. The molecule has 1 amide bonds. The zero-order chi connectivity index (χ0) is 19.9. The van der Waals surface area contributed by atoms with Crippen LogP contribution in [0.15, 0.2) is 33.1 Å². The molecule has 3 heterocycles. The summed E-state index contributed by atoms with van der Waals surface area (Å²) in [4.78, 5) is 23.9. The lowest BCUT2D eigenvalue weighted by atomic mass is 10.3. The standard InChI is InChI=1S/C19H28N6O2S/c1-15-11-16(22-27-15)14-24-6-8-25(9-7-24)19(21-13-18(26)23(2)3)20-12-17-5-4-10-28-17/h4-5,10-11H,6-9,12-14H2,1-3H3,(H,20,21). The van der Waals surface area contributed by atoms with Crippen molar-refractivity contribution in [2.75, 3.05) is 46.8 Å². The average Bonchev–Trinajstić information content (AvgIpc) is 3.34. The van der Waals surface area contributed by atoms with Gasteiger partial charge in [0.1, 0.15) is 12.3 Å². The lowest BCUT2D eigenvalue weighted by molar-refractivity contribution is -0.127. The highest BCUT2D eigenvalue weighted by Crippen LogP contribution is 2.11. The molecule has 2 aromatic rings. The Bertz CT molecular complexity index is 778. The third-order valence-corrected chi connectivity index (χ3v) is 5.47. The molecule has 0 aromatic carbocycles. The molecule has 152 valence electrons. The molecule has 1 fully saturated rings. The molecule has 9 heteroatoms. The van der Waals surface area contributed by atoms with Crippen LogP contribution < -0.4 is 5.32 Å². The molecule has 2 aromatic heterocycles. The summed E-state index contributed by atoms with van der Waals surface area (Å²) in [7, 11) is 3.50. The van der Waals surface area contributed by atoms with Crippen LogP contribution in [0, 0.1) is 6.92 Å². The first kappa shape index (κ1) is 20.3. The van der Waals surface area contributed by atoms with E-state index in [1.807, 2.05) is 19.1 Å². The SMILES string of the molecule is Cc1cc(CN2CCN(C(=NCC(=O)N(C)C)NCc3cccs3)CC2)no1. The van der Waals surface area contributed by atoms with Gasteiger partial charge >= 0.3 is 0 Å². The van der Waals surface area contributed by atoms with E-state index in [-0.39, 0.29) is 12.5 Å². The first-order chi connectivity index (χ1) is 13.5. The highest BCUT2D eigenvalue weighted by molar-refractivity contribution is 7.09. The number of rotatable bonds is 6. The fourth-order valence-electron chi connectivity index (χ4n) is 2.97. The third-order valence-electron chi connectivity index (χ3n) is 4.60. The number of piperazine rings is 1. The van der Waals surface area contributed by atoms with Crippen LogP contribution in [0.25, 0.3) is 0 Å². The van der Waals surface area contributed by atoms with Gasteiger partial charge in [-0.15, -0.1) is 11.3 Å². The topological polar surface area (TPSA) is 77.2 Å². The van der Waals surface area contributed by atoms with Crippen molar-refractivity contribution in [3.63, 3.8) is 0 Å². The number of hydrogen-bond acceptors (Lipinski definition) is 6. The van der Waals surface area contributed by atoms with E-state index in [1.165, 1.54) is 4.88 Å². The third kappa shape index (κ3) is 5.80. The largest absolute Gasteiger partial charge is 0.361 e. The molecule has 28 heavy (non-hydrogen) atoms. The van der Waals surface area contributed by atoms with Gasteiger partial charge in [0.05, 0.1) is 12.2 Å². The maximum absolute atomic E-state index is 12.0. The van der Waals surface area contributed by atoms with E-state index in [0.717, 1.165) is 50.1 Å². The number of guanidine groups is 1. The van der Waals surface area contributed by atoms with Crippen molar-refractivity contribution in [1.29, 1.82) is 0 Å². The first-order valence-electron chi connectivity index (χ1n) is 9.41. The highest BCUT2D eigenvalue weighted by Gasteiger charge is 2.21. The lowest BCUT2D eigenvalue weighted by Crippen LogP contribution is -2.52. The molecule has 8 nitrogen and oxygen atoms in total. The Morgan fingerprint density at radius 1 is 1.36 bits per heavy atom. The average molecular weight is 405 g/mol. The van der Waals surface area contributed by atoms with Gasteiger partial charge < -0.3 is 19.6 Å². The fourth-order valence-corrected chi connectivity index (χ4v) is 3.61. The summed E-state index contributed by atoms with van der Waals surface area (Å²) in [6.07, 6.45) is 0. The van der Waals surface area contributed by atoms with Crippen LogP contribution in [0.5, 0.6) is 0 Å². The van der Waals surface area contributed by atoms with Crippen molar-refractivity contribution in [2.45, 2.75) is 20.0 Å². The van der Waals surface area contributed by atoms with Gasteiger partial charge in [0.2, 0.25) is 5.91 Å². The van der Waals surface area contributed by atoms with Crippen LogP contribution in [0.2, 0.25) is 0 Å². The predicted octanol–water partition coefficient (Wildman–Crippen LogP) is 1.40. The van der Waals surface area contributed by atoms with Gasteiger partial charge in [-0.05, 0) is 18.4 Å². The Labute approximate surface area is 169 Å². The van der Waals surface area contributed by atoms with E-state index in [2.05, 4.69) is 36.7 Å². The summed E-state index contributed by atoms with van der Waals surface area (Å²) in [5, 5.41) is 9.57. The number of amides is 1. The maximum Gasteiger partial charge on any atom is 0.243 e. The van der Waals surface area contributed by atoms with Crippen molar-refractivity contribution in [3.05, 3.63) is 39.9 Å². The highest BCUT2D eigenvalue weighted by atomic mass is 32.1. The number of nitrogens with one attached hydrogen (secondary N) is 1. The second-order valence-corrected chi connectivity index (χ2v) is 8.09. The van der Waals surface area contributed by atoms with Crippen molar-refractivity contribution >= 4 is 23.2 Å². The number of carbonyl (C=O) groups is 1. The molecule has 1 aliphatic rings. The number of aliphatic imine (C=N–C) groups is 1. The maximum atomic E-state index is 12.0. The predicted molar refractivity (Wildman–Crippen MR) is 110 cm³/mol. The molecule has 0 atom stereocenters. The number of aromatic nitrogens is 1. The molecule has 0 bridgehead atoms. The number of nitrogens with zero attached hydrogens (tertiary/aromatic N) is 5. The molecular weight excluding hydrogens is 376 g/mol. The Morgan fingerprint density at radius 3 is 2.75 bits per heavy atom. The number of aryl methyl sites for hydroxylation is 1. The van der Waals surface area contributed by atoms with Gasteiger partial charge in [0.15, 0.2) is 5.96 Å². The van der Waals surface area contributed by atoms with Crippen LogP contribution in [-0.2, 0) is 17.9 Å². The zero-order valence-corrected chi connectivity index (χ0v) is 17.5. The van der Waals surface area contributed by atoms with Crippen molar-refractivity contribution < 1.29 is 9.32 Å². The van der Waals surface area contributed by atoms with E-state index in [4.69, 9.17) is 4.52 Å². The number of carbonyl (C=O) groups excluding carboxylic acids is 1. The van der Waals surface area contributed by atoms with Gasteiger partial charge in [-0.1, -0.05) is 11.2 Å². The lowest BCUT2D eigenvalue weighted by Gasteiger charge is -2.36. The second kappa shape index (κ2) is 9.70. The van der Waals surface area contributed by atoms with Gasteiger partial charge in [-0.3, -0.25) is 9.69 Å². The van der Waals surface area contributed by atoms with E-state index < -0.39 is 0 Å². The van der Waals surface area contributed by atoms with Gasteiger partial charge in [0.25, 0.3) is 0 Å². The Kier molecular flexibility index (Phi) is 7.05. The van der Waals surface area contributed by atoms with Gasteiger partial charge in [0, 0.05) is 57.8 Å². The second-order valence-electron chi connectivity index (χ2n) is 7.05. The molecule has 3 rings (SSSR count). The van der Waals surface area contributed by atoms with Gasteiger partial charge in [-0.25, -0.2) is 4.99 Å². The first-order valence-corrected chi connectivity index (χ1v) is 10.3. The van der Waals surface area contributed by atoms with Crippen LogP contribution in [0.1, 0.15) is 16.3 Å². The minimum Gasteiger partial charge on any atom is -0.361 e. The number of hydrogen-bond donors (Lipinski definition) is 1. The van der Waals surface area contributed by atoms with E-state index in [0.29, 0.717) is 6.54 Å². The van der Waals surface area contributed by atoms with Crippen molar-refractivity contribution in [3.8, 4) is 0 Å². The summed E-state index contributed by atoms with van der Waals surface area (Å²) in [6, 6.07) is 6.12. The molecular formula is C19H28N6O2S. The van der Waals surface area contributed by atoms with Crippen LogP contribution >= 0.6 is 11.3 Å². The Hall–Kier alpha value is -2.39. The molecule has 1 saturated heterocycles. The Morgan fingerprint density at radius 2 is 2.14 bits per heavy atom.